The molecule has 0 aliphatic heterocycles. The Morgan fingerprint density at radius 3 is 2.32 bits per heavy atom. The first kappa shape index (κ1) is 16.1. The molecule has 0 aromatic heterocycles. The van der Waals surface area contributed by atoms with E-state index in [0.29, 0.717) is 16.9 Å². The third-order valence-electron chi connectivity index (χ3n) is 3.32. The second kappa shape index (κ2) is 7.11. The van der Waals surface area contributed by atoms with E-state index in [-0.39, 0.29) is 0 Å². The van der Waals surface area contributed by atoms with E-state index >= 15 is 0 Å². The minimum atomic E-state index is -1.21. The summed E-state index contributed by atoms with van der Waals surface area (Å²) in [6.45, 7) is 0. The van der Waals surface area contributed by atoms with Gasteiger partial charge in [0, 0.05) is 12.5 Å². The summed E-state index contributed by atoms with van der Waals surface area (Å²) in [5.41, 5.74) is 8.90. The Labute approximate surface area is 133 Å². The van der Waals surface area contributed by atoms with Gasteiger partial charge in [0.2, 0.25) is 0 Å². The fraction of sp³-hybridized carbons (Fsp3) is 0.176. The lowest BCUT2D eigenvalue weighted by Crippen LogP contribution is -2.19. The highest BCUT2D eigenvalue weighted by molar-refractivity contribution is 7.90. The van der Waals surface area contributed by atoms with Crippen molar-refractivity contribution in [3.8, 4) is 23.3 Å². The van der Waals surface area contributed by atoms with Crippen LogP contribution < -0.4 is 5.73 Å². The fourth-order valence-corrected chi connectivity index (χ4v) is 2.88. The van der Waals surface area contributed by atoms with Crippen LogP contribution in [0, 0.1) is 22.7 Å². The maximum absolute atomic E-state index is 11.7. The summed E-state index contributed by atoms with van der Waals surface area (Å²) >= 11 is -1.21. The molecule has 0 saturated heterocycles. The first-order valence-electron chi connectivity index (χ1n) is 6.67. The van der Waals surface area contributed by atoms with Crippen molar-refractivity contribution in [2.45, 2.75) is 17.4 Å². The maximum Gasteiger partial charge on any atom is 0.170 e. The van der Waals surface area contributed by atoms with Crippen LogP contribution in [0.3, 0.4) is 0 Å². The number of nitrogens with two attached hydrogens (primary N) is 1. The molecule has 0 aliphatic rings. The van der Waals surface area contributed by atoms with Crippen molar-refractivity contribution in [2.24, 2.45) is 5.73 Å². The van der Waals surface area contributed by atoms with Gasteiger partial charge in [0.05, 0.1) is 12.1 Å². The van der Waals surface area contributed by atoms with Gasteiger partial charge in [0.25, 0.3) is 0 Å². The molecular formula is C17H15N3OS. The second-order valence-electron chi connectivity index (χ2n) is 4.91. The number of hydrogen-bond donors (Lipinski definition) is 1. The average Bonchev–Trinajstić information content (AvgIpc) is 2.54. The molecule has 4 nitrogen and oxygen atoms in total. The van der Waals surface area contributed by atoms with Crippen LogP contribution in [-0.4, -0.2) is 16.9 Å². The summed E-state index contributed by atoms with van der Waals surface area (Å²) in [5, 5.41) is 17.8. The van der Waals surface area contributed by atoms with Crippen LogP contribution in [0.1, 0.15) is 11.1 Å². The number of nitriles is 2. The zero-order valence-electron chi connectivity index (χ0n) is 12.1. The normalized spacial score (nSPS) is 13.0. The summed E-state index contributed by atoms with van der Waals surface area (Å²) in [4.78, 5) is 0.538. The fourth-order valence-electron chi connectivity index (χ4n) is 2.16. The van der Waals surface area contributed by atoms with Crippen LogP contribution in [0.5, 0.6) is 0 Å². The SMILES string of the molecule is C[S+]([O-])c1cc(-c2ccc(C[C@H](N)C#N)cc2)ccc1C#N. The zero-order chi connectivity index (χ0) is 16.1. The van der Waals surface area contributed by atoms with Gasteiger partial charge in [0.15, 0.2) is 4.90 Å². The van der Waals surface area contributed by atoms with E-state index in [0.717, 1.165) is 16.7 Å². The molecule has 0 spiro atoms. The second-order valence-corrected chi connectivity index (χ2v) is 6.26. The molecule has 0 fully saturated rings. The first-order chi connectivity index (χ1) is 10.5. The molecule has 0 amide bonds. The van der Waals surface area contributed by atoms with E-state index in [9.17, 15) is 4.55 Å². The Bertz CT molecular complexity index is 742. The van der Waals surface area contributed by atoms with Gasteiger partial charge >= 0.3 is 0 Å². The van der Waals surface area contributed by atoms with Gasteiger partial charge in [-0.3, -0.25) is 0 Å². The number of nitrogens with zero attached hydrogens (tertiary/aromatic N) is 2. The first-order valence-corrected chi connectivity index (χ1v) is 8.23. The highest BCUT2D eigenvalue weighted by Crippen LogP contribution is 2.25. The summed E-state index contributed by atoms with van der Waals surface area (Å²) in [6.07, 6.45) is 2.07. The molecule has 2 atom stereocenters. The third-order valence-corrected chi connectivity index (χ3v) is 4.28. The third kappa shape index (κ3) is 3.66. The highest BCUT2D eigenvalue weighted by Gasteiger charge is 2.13. The van der Waals surface area contributed by atoms with Crippen molar-refractivity contribution in [3.05, 3.63) is 53.6 Å². The van der Waals surface area contributed by atoms with Gasteiger partial charge < -0.3 is 10.3 Å². The quantitative estimate of drug-likeness (QED) is 0.877. The molecule has 0 radical (unpaired) electrons. The molecule has 110 valence electrons. The van der Waals surface area contributed by atoms with Crippen LogP contribution in [0.2, 0.25) is 0 Å². The van der Waals surface area contributed by atoms with Crippen molar-refractivity contribution in [1.82, 2.24) is 0 Å². The summed E-state index contributed by atoms with van der Waals surface area (Å²) in [6, 6.07) is 16.6. The molecule has 5 heteroatoms. The monoisotopic (exact) mass is 309 g/mol. The minimum absolute atomic E-state index is 0.432. The maximum atomic E-state index is 11.7. The minimum Gasteiger partial charge on any atom is -0.612 e. The molecule has 2 aromatic carbocycles. The predicted molar refractivity (Wildman–Crippen MR) is 86.2 cm³/mol. The lowest BCUT2D eigenvalue weighted by molar-refractivity contribution is 0.600. The Morgan fingerprint density at radius 1 is 1.14 bits per heavy atom. The standard InChI is InChI=1S/C17H15N3OS/c1-22(21)17-9-14(6-7-15(17)10-18)13-4-2-12(3-5-13)8-16(20)11-19/h2-7,9,16H,8,20H2,1H3/t16-,22?/m0/s1. The molecule has 1 unspecified atom stereocenters. The van der Waals surface area contributed by atoms with Gasteiger partial charge in [0.1, 0.15) is 17.9 Å². The van der Waals surface area contributed by atoms with Crippen LogP contribution in [-0.2, 0) is 17.6 Å². The Balaban J connectivity index is 2.31. The number of rotatable bonds is 4. The van der Waals surface area contributed by atoms with Crippen molar-refractivity contribution in [1.29, 1.82) is 10.5 Å². The van der Waals surface area contributed by atoms with Crippen molar-refractivity contribution in [2.75, 3.05) is 6.26 Å². The molecular weight excluding hydrogens is 294 g/mol. The number of benzene rings is 2. The van der Waals surface area contributed by atoms with Gasteiger partial charge in [-0.2, -0.15) is 10.5 Å². The topological polar surface area (TPSA) is 96.7 Å². The Morgan fingerprint density at radius 2 is 1.77 bits per heavy atom. The molecule has 2 N–H and O–H groups in total. The summed E-state index contributed by atoms with van der Waals surface area (Å²) < 4.78 is 11.7. The van der Waals surface area contributed by atoms with E-state index < -0.39 is 17.2 Å². The zero-order valence-corrected chi connectivity index (χ0v) is 12.9. The van der Waals surface area contributed by atoms with Crippen LogP contribution in [0.25, 0.3) is 11.1 Å². The van der Waals surface area contributed by atoms with E-state index in [4.69, 9.17) is 16.3 Å². The van der Waals surface area contributed by atoms with Crippen LogP contribution in [0.4, 0.5) is 0 Å². The van der Waals surface area contributed by atoms with Crippen molar-refractivity contribution < 1.29 is 4.55 Å². The summed E-state index contributed by atoms with van der Waals surface area (Å²) in [7, 11) is 0. The smallest absolute Gasteiger partial charge is 0.170 e. The van der Waals surface area contributed by atoms with Gasteiger partial charge in [-0.25, -0.2) is 0 Å². The number of hydrogen-bond acceptors (Lipinski definition) is 4. The molecule has 2 aromatic rings. The van der Waals surface area contributed by atoms with E-state index in [1.807, 2.05) is 36.4 Å². The molecule has 0 bridgehead atoms. The lowest BCUT2D eigenvalue weighted by atomic mass is 10.0. The molecule has 2 rings (SSSR count). The van der Waals surface area contributed by atoms with Gasteiger partial charge in [-0.15, -0.1) is 0 Å². The highest BCUT2D eigenvalue weighted by atomic mass is 32.2. The Hall–Kier alpha value is -2.31. The van der Waals surface area contributed by atoms with Crippen LogP contribution >= 0.6 is 0 Å². The van der Waals surface area contributed by atoms with Crippen LogP contribution in [0.15, 0.2) is 47.4 Å². The van der Waals surface area contributed by atoms with Crippen molar-refractivity contribution >= 4 is 11.2 Å². The van der Waals surface area contributed by atoms with Gasteiger partial charge in [-0.05, 0) is 33.9 Å². The predicted octanol–water partition coefficient (Wildman–Crippen LogP) is 2.36. The molecule has 0 aliphatic carbocycles. The van der Waals surface area contributed by atoms with E-state index in [2.05, 4.69) is 6.07 Å². The van der Waals surface area contributed by atoms with E-state index in [1.54, 1.807) is 18.4 Å². The lowest BCUT2D eigenvalue weighted by Gasteiger charge is -2.09. The molecule has 0 saturated carbocycles. The average molecular weight is 309 g/mol. The summed E-state index contributed by atoms with van der Waals surface area (Å²) in [5.74, 6) is 0. The largest absolute Gasteiger partial charge is 0.612 e. The molecule has 22 heavy (non-hydrogen) atoms. The van der Waals surface area contributed by atoms with E-state index in [1.165, 1.54) is 0 Å². The van der Waals surface area contributed by atoms with Crippen molar-refractivity contribution in [3.63, 3.8) is 0 Å². The van der Waals surface area contributed by atoms with Gasteiger partial charge in [-0.1, -0.05) is 30.3 Å². The molecule has 0 heterocycles. The Kier molecular flexibility index (Phi) is 5.19.